The number of aromatic amines is 2. The highest BCUT2D eigenvalue weighted by Gasteiger charge is 2.30. The lowest BCUT2D eigenvalue weighted by Crippen LogP contribution is -2.58. The summed E-state index contributed by atoms with van der Waals surface area (Å²) in [7, 11) is 0. The highest BCUT2D eigenvalue weighted by Crippen LogP contribution is 2.19. The summed E-state index contributed by atoms with van der Waals surface area (Å²) in [4.78, 5) is 67.0. The number of H-pyrrole nitrogens is 2. The number of nitrogens with two attached hydrogens (primary N) is 4. The molecule has 0 bridgehead atoms. The van der Waals surface area contributed by atoms with Gasteiger partial charge in [0.2, 0.25) is 23.6 Å². The quantitative estimate of drug-likeness (QED) is 0.0400. The van der Waals surface area contributed by atoms with E-state index >= 15 is 0 Å². The second-order valence-electron chi connectivity index (χ2n) is 11.2. The van der Waals surface area contributed by atoms with Crippen LogP contribution in [0.15, 0.2) is 78.3 Å². The van der Waals surface area contributed by atoms with Crippen LogP contribution in [0.4, 0.5) is 0 Å². The molecule has 13 N–H and O–H groups in total. The van der Waals surface area contributed by atoms with Crippen molar-refractivity contribution < 1.29 is 19.2 Å². The van der Waals surface area contributed by atoms with Gasteiger partial charge in [-0.15, -0.1) is 0 Å². The third-order valence-electron chi connectivity index (χ3n) is 7.58. The molecule has 0 aliphatic heterocycles. The summed E-state index contributed by atoms with van der Waals surface area (Å²) in [6.07, 6.45) is 5.67. The molecular weight excluding hydrogens is 602 g/mol. The van der Waals surface area contributed by atoms with Crippen molar-refractivity contribution in [3.63, 3.8) is 0 Å². The summed E-state index contributed by atoms with van der Waals surface area (Å²) in [5, 5.41) is 9.08. The van der Waals surface area contributed by atoms with Gasteiger partial charge in [0.25, 0.3) is 0 Å². The molecule has 47 heavy (non-hydrogen) atoms. The minimum atomic E-state index is -1.12. The van der Waals surface area contributed by atoms with E-state index in [0.29, 0.717) is 12.1 Å². The lowest BCUT2D eigenvalue weighted by molar-refractivity contribution is -0.133. The second-order valence-corrected chi connectivity index (χ2v) is 11.2. The van der Waals surface area contributed by atoms with Crippen LogP contribution in [0.25, 0.3) is 10.9 Å². The summed E-state index contributed by atoms with van der Waals surface area (Å²) in [6.45, 7) is 0.198. The molecule has 0 unspecified atom stereocenters. The molecule has 0 radical (unpaired) electrons. The Morgan fingerprint density at radius 3 is 2.17 bits per heavy atom. The summed E-state index contributed by atoms with van der Waals surface area (Å²) in [5.74, 6) is -2.66. The molecule has 2 heterocycles. The van der Waals surface area contributed by atoms with E-state index in [1.807, 2.05) is 54.6 Å². The molecule has 4 rings (SSSR count). The predicted molar refractivity (Wildman–Crippen MR) is 177 cm³/mol. The summed E-state index contributed by atoms with van der Waals surface area (Å²) < 4.78 is 0. The standard InChI is InChI=1S/C32H41N11O4/c33-23(15-21-17-37-18-40-21)29(45)43-27(13-19-7-2-1-3-8-19)31(47)41-25(11-6-12-38-32(35)36)30(46)42-26(28(34)44)14-20-16-39-24-10-5-4-9-22(20)24/h1-5,7-10,16-18,23,25-27,39H,6,11-15,33H2,(H2,34,44)(H,37,40)(H,41,47)(H,42,46)(H,43,45)(H4,35,36,38)/t23-,25-,26-,27+/m0/s1. The normalized spacial score (nSPS) is 13.6. The molecule has 4 atom stereocenters. The lowest BCUT2D eigenvalue weighted by Gasteiger charge is -2.25. The van der Waals surface area contributed by atoms with Crippen molar-refractivity contribution in [1.29, 1.82) is 0 Å². The maximum absolute atomic E-state index is 13.8. The predicted octanol–water partition coefficient (Wildman–Crippen LogP) is -0.760. The number of carbonyl (C=O) groups excluding carboxylic acids is 4. The van der Waals surface area contributed by atoms with Crippen LogP contribution in [0.5, 0.6) is 0 Å². The van der Waals surface area contributed by atoms with Gasteiger partial charge in [0.05, 0.1) is 12.4 Å². The van der Waals surface area contributed by atoms with Crippen LogP contribution in [0.1, 0.15) is 29.7 Å². The highest BCUT2D eigenvalue weighted by atomic mass is 16.2. The summed E-state index contributed by atoms with van der Waals surface area (Å²) in [6, 6.07) is 12.4. The monoisotopic (exact) mass is 643 g/mol. The van der Waals surface area contributed by atoms with Crippen molar-refractivity contribution in [2.45, 2.75) is 56.3 Å². The van der Waals surface area contributed by atoms with Gasteiger partial charge in [0, 0.05) is 54.8 Å². The minimum Gasteiger partial charge on any atom is -0.370 e. The van der Waals surface area contributed by atoms with Gasteiger partial charge in [-0.25, -0.2) is 4.98 Å². The van der Waals surface area contributed by atoms with Crippen LogP contribution >= 0.6 is 0 Å². The Morgan fingerprint density at radius 2 is 1.47 bits per heavy atom. The largest absolute Gasteiger partial charge is 0.370 e. The number of nitrogens with one attached hydrogen (secondary N) is 5. The first-order chi connectivity index (χ1) is 22.6. The van der Waals surface area contributed by atoms with E-state index in [1.54, 1.807) is 12.4 Å². The first-order valence-corrected chi connectivity index (χ1v) is 15.2. The Labute approximate surface area is 271 Å². The molecule has 248 valence electrons. The fourth-order valence-electron chi connectivity index (χ4n) is 5.12. The number of benzene rings is 2. The van der Waals surface area contributed by atoms with Crippen LogP contribution in [0, 0.1) is 0 Å². The molecule has 0 spiro atoms. The molecule has 2 aromatic carbocycles. The second kappa shape index (κ2) is 16.6. The number of guanidine groups is 1. The Hall–Kier alpha value is -5.70. The zero-order chi connectivity index (χ0) is 33.8. The molecule has 0 saturated carbocycles. The van der Waals surface area contributed by atoms with E-state index in [1.165, 1.54) is 6.33 Å². The molecule has 0 fully saturated rings. The third-order valence-corrected chi connectivity index (χ3v) is 7.58. The average Bonchev–Trinajstić information content (AvgIpc) is 3.72. The van der Waals surface area contributed by atoms with Crippen LogP contribution in [-0.2, 0) is 38.4 Å². The molecule has 4 aromatic rings. The van der Waals surface area contributed by atoms with Gasteiger partial charge < -0.3 is 48.9 Å². The van der Waals surface area contributed by atoms with Crippen LogP contribution < -0.4 is 38.9 Å². The van der Waals surface area contributed by atoms with E-state index in [9.17, 15) is 19.2 Å². The SMILES string of the molecule is NC(=O)[C@H](Cc1c[nH]c2ccccc12)NC(=O)[C@H](CCCN=C(N)N)NC(=O)[C@@H](Cc1ccccc1)NC(=O)[C@@H](N)Cc1cnc[nH]1. The summed E-state index contributed by atoms with van der Waals surface area (Å²) in [5.41, 5.74) is 25.8. The smallest absolute Gasteiger partial charge is 0.243 e. The fraction of sp³-hybridized carbons (Fsp3) is 0.312. The van der Waals surface area contributed by atoms with Crippen LogP contribution in [0.3, 0.4) is 0 Å². The van der Waals surface area contributed by atoms with Crippen molar-refractivity contribution in [2.75, 3.05) is 6.54 Å². The van der Waals surface area contributed by atoms with E-state index < -0.39 is 47.8 Å². The molecule has 15 nitrogen and oxygen atoms in total. The van der Waals surface area contributed by atoms with Gasteiger partial charge in [0.15, 0.2) is 5.96 Å². The number of rotatable bonds is 17. The highest BCUT2D eigenvalue weighted by molar-refractivity contribution is 5.95. The zero-order valence-corrected chi connectivity index (χ0v) is 25.8. The van der Waals surface area contributed by atoms with Crippen LogP contribution in [-0.4, -0.2) is 75.3 Å². The molecule has 0 aliphatic carbocycles. The van der Waals surface area contributed by atoms with Crippen molar-refractivity contribution in [1.82, 2.24) is 30.9 Å². The molecule has 0 saturated heterocycles. The zero-order valence-electron chi connectivity index (χ0n) is 25.8. The van der Waals surface area contributed by atoms with Gasteiger partial charge >= 0.3 is 0 Å². The number of para-hydroxylation sites is 1. The number of nitrogens with zero attached hydrogens (tertiary/aromatic N) is 2. The molecule has 0 aliphatic rings. The van der Waals surface area contributed by atoms with Crippen molar-refractivity contribution in [3.05, 3.63) is 90.1 Å². The maximum Gasteiger partial charge on any atom is 0.243 e. The lowest BCUT2D eigenvalue weighted by atomic mass is 10.0. The number of aromatic nitrogens is 3. The molecular formula is C32H41N11O4. The van der Waals surface area contributed by atoms with E-state index in [0.717, 1.165) is 22.0 Å². The molecule has 2 aromatic heterocycles. The van der Waals surface area contributed by atoms with E-state index in [2.05, 4.69) is 35.9 Å². The Balaban J connectivity index is 1.51. The maximum atomic E-state index is 13.8. The average molecular weight is 644 g/mol. The Morgan fingerprint density at radius 1 is 0.787 bits per heavy atom. The Bertz CT molecular complexity index is 1670. The van der Waals surface area contributed by atoms with E-state index in [4.69, 9.17) is 22.9 Å². The van der Waals surface area contributed by atoms with Crippen molar-refractivity contribution in [3.8, 4) is 0 Å². The van der Waals surface area contributed by atoms with E-state index in [-0.39, 0.29) is 38.2 Å². The van der Waals surface area contributed by atoms with Crippen molar-refractivity contribution >= 4 is 40.5 Å². The van der Waals surface area contributed by atoms with Gasteiger partial charge in [-0.3, -0.25) is 24.2 Å². The number of hydrogen-bond acceptors (Lipinski definition) is 7. The Kier molecular flexibility index (Phi) is 12.0. The number of primary amides is 1. The topological polar surface area (TPSA) is 265 Å². The van der Waals surface area contributed by atoms with Gasteiger partial charge in [-0.2, -0.15) is 0 Å². The van der Waals surface area contributed by atoms with Crippen molar-refractivity contribution in [2.24, 2.45) is 27.9 Å². The number of aliphatic imine (C=N–C) groups is 1. The third kappa shape index (κ3) is 10.2. The summed E-state index contributed by atoms with van der Waals surface area (Å²) >= 11 is 0. The number of fused-ring (bicyclic) bond motifs is 1. The first-order valence-electron chi connectivity index (χ1n) is 15.2. The molecule has 4 amide bonds. The number of imidazole rings is 1. The first kappa shape index (κ1) is 34.2. The van der Waals surface area contributed by atoms with Gasteiger partial charge in [-0.05, 0) is 30.0 Å². The van der Waals surface area contributed by atoms with Gasteiger partial charge in [0.1, 0.15) is 18.1 Å². The van der Waals surface area contributed by atoms with Crippen LogP contribution in [0.2, 0.25) is 0 Å². The number of hydrogen-bond donors (Lipinski definition) is 9. The van der Waals surface area contributed by atoms with Gasteiger partial charge in [-0.1, -0.05) is 48.5 Å². The number of carbonyl (C=O) groups is 4. The fourth-order valence-corrected chi connectivity index (χ4v) is 5.12. The molecule has 15 heteroatoms. The number of amides is 4. The minimum absolute atomic E-state index is 0.111.